The fraction of sp³-hybridized carbons (Fsp3) is 0.278. The van der Waals surface area contributed by atoms with Crippen LogP contribution in [-0.2, 0) is 6.42 Å². The Morgan fingerprint density at radius 3 is 2.24 bits per heavy atom. The number of hydrogen-bond acceptors (Lipinski definition) is 2. The Morgan fingerprint density at radius 2 is 1.67 bits per heavy atom. The molecule has 2 aromatic rings. The minimum Gasteiger partial charge on any atom is -0.348 e. The first-order valence-corrected chi connectivity index (χ1v) is 7.23. The lowest BCUT2D eigenvalue weighted by molar-refractivity contribution is 0.0937. The van der Waals surface area contributed by atoms with Gasteiger partial charge in [0.25, 0.3) is 5.91 Å². The molecule has 110 valence electrons. The Morgan fingerprint density at radius 1 is 1.05 bits per heavy atom. The minimum absolute atomic E-state index is 0.0445. The van der Waals surface area contributed by atoms with Gasteiger partial charge in [0.2, 0.25) is 0 Å². The van der Waals surface area contributed by atoms with Gasteiger partial charge in [-0.3, -0.25) is 4.79 Å². The molecule has 0 spiro atoms. The number of nitrogens with one attached hydrogen (secondary N) is 1. The highest BCUT2D eigenvalue weighted by atomic mass is 16.1. The summed E-state index contributed by atoms with van der Waals surface area (Å²) >= 11 is 0. The lowest BCUT2D eigenvalue weighted by atomic mass is 10.0. The Hall–Kier alpha value is -2.13. The predicted octanol–water partition coefficient (Wildman–Crippen LogP) is 2.60. The summed E-state index contributed by atoms with van der Waals surface area (Å²) in [5, 5.41) is 3.05. The topological polar surface area (TPSA) is 55.1 Å². The van der Waals surface area contributed by atoms with Crippen molar-refractivity contribution in [2.45, 2.75) is 26.3 Å². The second-order valence-corrected chi connectivity index (χ2v) is 5.36. The van der Waals surface area contributed by atoms with Gasteiger partial charge < -0.3 is 11.1 Å². The third-order valence-electron chi connectivity index (χ3n) is 3.65. The van der Waals surface area contributed by atoms with Gasteiger partial charge in [-0.1, -0.05) is 48.5 Å². The van der Waals surface area contributed by atoms with Crippen LogP contribution in [0.3, 0.4) is 0 Å². The van der Waals surface area contributed by atoms with E-state index in [0.29, 0.717) is 6.54 Å². The number of nitrogens with two attached hydrogens (primary N) is 1. The first-order chi connectivity index (χ1) is 10.1. The number of carbonyl (C=O) groups excluding carboxylic acids is 1. The number of amides is 1. The number of hydrogen-bond donors (Lipinski definition) is 2. The molecule has 1 unspecified atom stereocenters. The van der Waals surface area contributed by atoms with E-state index < -0.39 is 0 Å². The van der Waals surface area contributed by atoms with Crippen molar-refractivity contribution in [3.63, 3.8) is 0 Å². The number of benzene rings is 2. The maximum atomic E-state index is 12.5. The summed E-state index contributed by atoms with van der Waals surface area (Å²) in [6.07, 6.45) is 0.744. The second kappa shape index (κ2) is 7.04. The van der Waals surface area contributed by atoms with E-state index >= 15 is 0 Å². The zero-order chi connectivity index (χ0) is 15.2. The zero-order valence-corrected chi connectivity index (χ0v) is 12.6. The van der Waals surface area contributed by atoms with Crippen LogP contribution in [-0.4, -0.2) is 18.5 Å². The van der Waals surface area contributed by atoms with Gasteiger partial charge in [-0.15, -0.1) is 0 Å². The van der Waals surface area contributed by atoms with Crippen LogP contribution >= 0.6 is 0 Å². The van der Waals surface area contributed by atoms with E-state index in [2.05, 4.69) is 5.32 Å². The van der Waals surface area contributed by atoms with Gasteiger partial charge in [0.15, 0.2) is 0 Å². The Bertz CT molecular complexity index is 588. The number of rotatable bonds is 5. The molecule has 3 heteroatoms. The fourth-order valence-electron chi connectivity index (χ4n) is 2.52. The molecule has 0 heterocycles. The summed E-state index contributed by atoms with van der Waals surface area (Å²) in [7, 11) is 0. The van der Waals surface area contributed by atoms with Crippen molar-refractivity contribution in [3.05, 3.63) is 70.8 Å². The minimum atomic E-state index is -0.0566. The molecular formula is C18H22N2O. The van der Waals surface area contributed by atoms with Gasteiger partial charge in [0, 0.05) is 18.2 Å². The molecule has 0 aliphatic rings. The van der Waals surface area contributed by atoms with Crippen LogP contribution in [0.1, 0.15) is 27.0 Å². The molecule has 0 aliphatic heterocycles. The molecule has 3 N–H and O–H groups in total. The molecule has 2 aromatic carbocycles. The van der Waals surface area contributed by atoms with Crippen molar-refractivity contribution in [1.29, 1.82) is 0 Å². The van der Waals surface area contributed by atoms with E-state index in [-0.39, 0.29) is 11.9 Å². The molecule has 1 atom stereocenters. The molecule has 0 aromatic heterocycles. The third kappa shape index (κ3) is 3.92. The van der Waals surface area contributed by atoms with Crippen LogP contribution < -0.4 is 11.1 Å². The van der Waals surface area contributed by atoms with Crippen molar-refractivity contribution in [1.82, 2.24) is 5.32 Å². The second-order valence-electron chi connectivity index (χ2n) is 5.36. The first-order valence-electron chi connectivity index (χ1n) is 7.23. The molecular weight excluding hydrogens is 260 g/mol. The highest BCUT2D eigenvalue weighted by Gasteiger charge is 2.16. The van der Waals surface area contributed by atoms with Gasteiger partial charge in [0.1, 0.15) is 0 Å². The van der Waals surface area contributed by atoms with E-state index in [1.165, 1.54) is 5.56 Å². The van der Waals surface area contributed by atoms with Gasteiger partial charge in [-0.2, -0.15) is 0 Å². The van der Waals surface area contributed by atoms with E-state index in [4.69, 9.17) is 5.73 Å². The molecule has 0 fully saturated rings. The zero-order valence-electron chi connectivity index (χ0n) is 12.6. The highest BCUT2D eigenvalue weighted by Crippen LogP contribution is 2.13. The average molecular weight is 282 g/mol. The van der Waals surface area contributed by atoms with E-state index in [1.807, 2.05) is 62.4 Å². The maximum absolute atomic E-state index is 12.5. The van der Waals surface area contributed by atoms with Gasteiger partial charge in [-0.05, 0) is 37.0 Å². The largest absolute Gasteiger partial charge is 0.348 e. The van der Waals surface area contributed by atoms with Crippen LogP contribution in [0.15, 0.2) is 48.5 Å². The van der Waals surface area contributed by atoms with Crippen molar-refractivity contribution < 1.29 is 4.79 Å². The molecule has 3 nitrogen and oxygen atoms in total. The molecule has 21 heavy (non-hydrogen) atoms. The lowest BCUT2D eigenvalue weighted by Gasteiger charge is -2.18. The smallest absolute Gasteiger partial charge is 0.252 e. The average Bonchev–Trinajstić information content (AvgIpc) is 2.47. The fourth-order valence-corrected chi connectivity index (χ4v) is 2.52. The lowest BCUT2D eigenvalue weighted by Crippen LogP contribution is -2.42. The SMILES string of the molecule is Cc1cccc(C)c1C(=O)NC(CN)Cc1ccccc1. The number of aryl methyl sites for hydroxylation is 2. The molecule has 0 bridgehead atoms. The summed E-state index contributed by atoms with van der Waals surface area (Å²) in [5.74, 6) is -0.0445. The molecule has 2 rings (SSSR count). The molecule has 0 saturated heterocycles. The van der Waals surface area contributed by atoms with Crippen LogP contribution in [0.25, 0.3) is 0 Å². The van der Waals surface area contributed by atoms with E-state index in [9.17, 15) is 4.79 Å². The standard InChI is InChI=1S/C18H22N2O/c1-13-7-6-8-14(2)17(13)18(21)20-16(12-19)11-15-9-4-3-5-10-15/h3-10,16H,11-12,19H2,1-2H3,(H,20,21). The predicted molar refractivity (Wildman–Crippen MR) is 86.4 cm³/mol. The van der Waals surface area contributed by atoms with Crippen LogP contribution in [0, 0.1) is 13.8 Å². The van der Waals surface area contributed by atoms with Crippen LogP contribution in [0.4, 0.5) is 0 Å². The normalized spacial score (nSPS) is 12.0. The molecule has 1 amide bonds. The van der Waals surface area contributed by atoms with Crippen molar-refractivity contribution in [2.75, 3.05) is 6.54 Å². The van der Waals surface area contributed by atoms with E-state index in [1.54, 1.807) is 0 Å². The molecule has 0 radical (unpaired) electrons. The van der Waals surface area contributed by atoms with Crippen molar-refractivity contribution in [3.8, 4) is 0 Å². The van der Waals surface area contributed by atoms with Crippen LogP contribution in [0.5, 0.6) is 0 Å². The number of carbonyl (C=O) groups is 1. The summed E-state index contributed by atoms with van der Waals surface area (Å²) in [4.78, 5) is 12.5. The van der Waals surface area contributed by atoms with Gasteiger partial charge in [0.05, 0.1) is 0 Å². The maximum Gasteiger partial charge on any atom is 0.252 e. The van der Waals surface area contributed by atoms with Gasteiger partial charge in [-0.25, -0.2) is 0 Å². The highest BCUT2D eigenvalue weighted by molar-refractivity contribution is 5.97. The van der Waals surface area contributed by atoms with Gasteiger partial charge >= 0.3 is 0 Å². The first kappa shape index (κ1) is 15.3. The quantitative estimate of drug-likeness (QED) is 0.885. The summed E-state index contributed by atoms with van der Waals surface area (Å²) in [5.41, 5.74) is 9.72. The molecule has 0 saturated carbocycles. The summed E-state index contributed by atoms with van der Waals surface area (Å²) in [6, 6.07) is 15.9. The summed E-state index contributed by atoms with van der Waals surface area (Å²) < 4.78 is 0. The van der Waals surface area contributed by atoms with Crippen LogP contribution in [0.2, 0.25) is 0 Å². The monoisotopic (exact) mass is 282 g/mol. The summed E-state index contributed by atoms with van der Waals surface area (Å²) in [6.45, 7) is 4.33. The Labute approximate surface area is 126 Å². The Balaban J connectivity index is 2.10. The Kier molecular flexibility index (Phi) is 5.12. The third-order valence-corrected chi connectivity index (χ3v) is 3.65. The van der Waals surface area contributed by atoms with Crippen molar-refractivity contribution >= 4 is 5.91 Å². The molecule has 0 aliphatic carbocycles. The van der Waals surface area contributed by atoms with E-state index in [0.717, 1.165) is 23.1 Å². The van der Waals surface area contributed by atoms with Crippen molar-refractivity contribution in [2.24, 2.45) is 5.73 Å².